The normalized spacial score (nSPS) is 19.8. The number of sulfone groups is 2. The summed E-state index contributed by atoms with van der Waals surface area (Å²) in [5, 5.41) is 0. The number of hydrogen-bond acceptors (Lipinski definition) is 6. The van der Waals surface area contributed by atoms with Crippen LogP contribution in [0.3, 0.4) is 0 Å². The summed E-state index contributed by atoms with van der Waals surface area (Å²) in [5.41, 5.74) is 0.546. The van der Waals surface area contributed by atoms with Crippen molar-refractivity contribution in [1.82, 2.24) is 0 Å². The maximum Gasteiger partial charge on any atom is 0.177 e. The van der Waals surface area contributed by atoms with E-state index in [9.17, 15) is 16.8 Å². The zero-order valence-electron chi connectivity index (χ0n) is 13.6. The monoisotopic (exact) mass is 361 g/mol. The number of benzene rings is 1. The molecule has 6 nitrogen and oxygen atoms in total. The Labute approximate surface area is 138 Å². The van der Waals surface area contributed by atoms with Crippen molar-refractivity contribution in [3.63, 3.8) is 0 Å². The fraction of sp³-hybridized carbons (Fsp3) is 0.600. The lowest BCUT2D eigenvalue weighted by Crippen LogP contribution is -2.40. The molecule has 1 aromatic rings. The fourth-order valence-corrected chi connectivity index (χ4v) is 4.45. The summed E-state index contributed by atoms with van der Waals surface area (Å²) in [7, 11) is -7.00. The molecular formula is C15H23NO5S2. The van der Waals surface area contributed by atoms with Crippen molar-refractivity contribution in [1.29, 1.82) is 0 Å². The van der Waals surface area contributed by atoms with Crippen LogP contribution in [0.4, 0.5) is 5.69 Å². The van der Waals surface area contributed by atoms with Crippen molar-refractivity contribution < 1.29 is 21.6 Å². The maximum atomic E-state index is 12.1. The Bertz CT molecular complexity index is 769. The molecular weight excluding hydrogens is 338 g/mol. The predicted molar refractivity (Wildman–Crippen MR) is 89.5 cm³/mol. The predicted octanol–water partition coefficient (Wildman–Crippen LogP) is 1.50. The van der Waals surface area contributed by atoms with Gasteiger partial charge in [-0.15, -0.1) is 0 Å². The SMILES string of the molecule is CCOC1CCCN(c2ccc(S(C)(=O)=O)cc2S(C)(=O)=O)C1. The van der Waals surface area contributed by atoms with E-state index < -0.39 is 19.7 Å². The molecule has 0 spiro atoms. The Kier molecular flexibility index (Phi) is 5.37. The van der Waals surface area contributed by atoms with Crippen LogP contribution in [-0.2, 0) is 24.4 Å². The highest BCUT2D eigenvalue weighted by atomic mass is 32.2. The lowest BCUT2D eigenvalue weighted by molar-refractivity contribution is 0.0525. The second-order valence-corrected chi connectivity index (χ2v) is 9.84. The van der Waals surface area contributed by atoms with E-state index in [0.29, 0.717) is 18.8 Å². The van der Waals surface area contributed by atoms with E-state index in [4.69, 9.17) is 4.74 Å². The molecule has 0 saturated carbocycles. The summed E-state index contributed by atoms with van der Waals surface area (Å²) < 4.78 is 53.3. The lowest BCUT2D eigenvalue weighted by atomic mass is 10.1. The smallest absolute Gasteiger partial charge is 0.177 e. The van der Waals surface area contributed by atoms with Gasteiger partial charge in [-0.2, -0.15) is 0 Å². The zero-order valence-corrected chi connectivity index (χ0v) is 15.3. The largest absolute Gasteiger partial charge is 0.377 e. The Hall–Kier alpha value is -1.12. The third-order valence-corrected chi connectivity index (χ3v) is 6.12. The molecule has 23 heavy (non-hydrogen) atoms. The first-order chi connectivity index (χ1) is 10.6. The summed E-state index contributed by atoms with van der Waals surface area (Å²) in [6.07, 6.45) is 4.08. The molecule has 0 amide bonds. The lowest BCUT2D eigenvalue weighted by Gasteiger charge is -2.35. The Morgan fingerprint density at radius 1 is 1.17 bits per heavy atom. The molecule has 0 bridgehead atoms. The minimum Gasteiger partial charge on any atom is -0.377 e. The van der Waals surface area contributed by atoms with Crippen LogP contribution >= 0.6 is 0 Å². The molecule has 2 rings (SSSR count). The summed E-state index contributed by atoms with van der Waals surface area (Å²) in [5.74, 6) is 0. The van der Waals surface area contributed by atoms with Crippen LogP contribution in [0.2, 0.25) is 0 Å². The molecule has 1 aliphatic heterocycles. The van der Waals surface area contributed by atoms with Crippen LogP contribution < -0.4 is 4.90 Å². The van der Waals surface area contributed by atoms with Crippen molar-refractivity contribution in [3.05, 3.63) is 18.2 Å². The number of nitrogens with zero attached hydrogens (tertiary/aromatic N) is 1. The highest BCUT2D eigenvalue weighted by molar-refractivity contribution is 7.91. The molecule has 1 aliphatic rings. The third-order valence-electron chi connectivity index (χ3n) is 3.88. The molecule has 1 saturated heterocycles. The van der Waals surface area contributed by atoms with E-state index in [0.717, 1.165) is 31.9 Å². The topological polar surface area (TPSA) is 80.8 Å². The average molecular weight is 361 g/mol. The van der Waals surface area contributed by atoms with Crippen molar-refractivity contribution in [2.75, 3.05) is 37.1 Å². The molecule has 0 radical (unpaired) electrons. The van der Waals surface area contributed by atoms with Crippen LogP contribution in [0.1, 0.15) is 19.8 Å². The number of anilines is 1. The first kappa shape index (κ1) is 18.2. The van der Waals surface area contributed by atoms with Gasteiger partial charge in [-0.05, 0) is 38.0 Å². The quantitative estimate of drug-likeness (QED) is 0.791. The van der Waals surface area contributed by atoms with Crippen LogP contribution in [0, 0.1) is 0 Å². The van der Waals surface area contributed by atoms with Crippen molar-refractivity contribution >= 4 is 25.4 Å². The number of piperidine rings is 1. The highest BCUT2D eigenvalue weighted by Crippen LogP contribution is 2.30. The van der Waals surface area contributed by atoms with Gasteiger partial charge in [0.1, 0.15) is 0 Å². The molecule has 1 aromatic carbocycles. The Morgan fingerprint density at radius 3 is 2.43 bits per heavy atom. The van der Waals surface area contributed by atoms with E-state index in [1.54, 1.807) is 6.07 Å². The minimum atomic E-state index is -3.54. The molecule has 0 N–H and O–H groups in total. The molecule has 8 heteroatoms. The zero-order chi connectivity index (χ0) is 17.3. The molecule has 1 atom stereocenters. The van der Waals surface area contributed by atoms with E-state index in [2.05, 4.69) is 0 Å². The van der Waals surface area contributed by atoms with E-state index >= 15 is 0 Å². The van der Waals surface area contributed by atoms with E-state index in [1.807, 2.05) is 11.8 Å². The van der Waals surface area contributed by atoms with Gasteiger partial charge in [0, 0.05) is 32.2 Å². The summed E-state index contributed by atoms with van der Waals surface area (Å²) in [4.78, 5) is 2.03. The average Bonchev–Trinajstić information content (AvgIpc) is 2.45. The van der Waals surface area contributed by atoms with Gasteiger partial charge in [-0.25, -0.2) is 16.8 Å². The van der Waals surface area contributed by atoms with Gasteiger partial charge >= 0.3 is 0 Å². The van der Waals surface area contributed by atoms with Crippen LogP contribution in [0.5, 0.6) is 0 Å². The van der Waals surface area contributed by atoms with Crippen LogP contribution in [-0.4, -0.2) is 55.1 Å². The van der Waals surface area contributed by atoms with E-state index in [1.165, 1.54) is 12.1 Å². The summed E-state index contributed by atoms with van der Waals surface area (Å²) >= 11 is 0. The minimum absolute atomic E-state index is 0.0139. The van der Waals surface area contributed by atoms with Crippen molar-refractivity contribution in [2.45, 2.75) is 35.7 Å². The van der Waals surface area contributed by atoms with Gasteiger partial charge in [0.15, 0.2) is 19.7 Å². The van der Waals surface area contributed by atoms with Crippen molar-refractivity contribution in [3.8, 4) is 0 Å². The molecule has 1 heterocycles. The molecule has 130 valence electrons. The Balaban J connectivity index is 2.46. The van der Waals surface area contributed by atoms with Gasteiger partial charge in [0.25, 0.3) is 0 Å². The fourth-order valence-electron chi connectivity index (χ4n) is 2.81. The van der Waals surface area contributed by atoms with Gasteiger partial charge in [-0.3, -0.25) is 0 Å². The first-order valence-electron chi connectivity index (χ1n) is 7.53. The second kappa shape index (κ2) is 6.78. The summed E-state index contributed by atoms with van der Waals surface area (Å²) in [6.45, 7) is 3.88. The number of hydrogen-bond donors (Lipinski definition) is 0. The van der Waals surface area contributed by atoms with Crippen LogP contribution in [0.15, 0.2) is 28.0 Å². The second-order valence-electron chi connectivity index (χ2n) is 5.84. The molecule has 1 fully saturated rings. The number of rotatable bonds is 5. The van der Waals surface area contributed by atoms with Gasteiger partial charge in [0.2, 0.25) is 0 Å². The van der Waals surface area contributed by atoms with Gasteiger partial charge < -0.3 is 9.64 Å². The van der Waals surface area contributed by atoms with E-state index in [-0.39, 0.29) is 15.9 Å². The molecule has 1 unspecified atom stereocenters. The third kappa shape index (κ3) is 4.45. The van der Waals surface area contributed by atoms with Gasteiger partial charge in [-0.1, -0.05) is 0 Å². The standard InChI is InChI=1S/C15H23NO5S2/c1-4-21-12-6-5-9-16(11-12)14-8-7-13(22(2,17)18)10-15(14)23(3,19)20/h7-8,10,12H,4-6,9,11H2,1-3H3. The Morgan fingerprint density at radius 2 is 1.87 bits per heavy atom. The number of ether oxygens (including phenoxy) is 1. The molecule has 0 aromatic heterocycles. The first-order valence-corrected chi connectivity index (χ1v) is 11.3. The van der Waals surface area contributed by atoms with Crippen LogP contribution in [0.25, 0.3) is 0 Å². The van der Waals surface area contributed by atoms with Gasteiger partial charge in [0.05, 0.1) is 21.6 Å². The van der Waals surface area contributed by atoms with Crippen molar-refractivity contribution in [2.24, 2.45) is 0 Å². The summed E-state index contributed by atoms with van der Waals surface area (Å²) in [6, 6.07) is 4.30. The molecule has 0 aliphatic carbocycles. The highest BCUT2D eigenvalue weighted by Gasteiger charge is 2.26. The maximum absolute atomic E-state index is 12.1.